The number of aromatic nitrogens is 1. The molecule has 0 bridgehead atoms. The van der Waals surface area contributed by atoms with Crippen LogP contribution < -0.4 is 0 Å². The van der Waals surface area contributed by atoms with Crippen molar-refractivity contribution in [1.82, 2.24) is 4.98 Å². The summed E-state index contributed by atoms with van der Waals surface area (Å²) in [7, 11) is 0. The number of aliphatic hydroxyl groups is 1. The summed E-state index contributed by atoms with van der Waals surface area (Å²) < 4.78 is 0. The first-order valence-corrected chi connectivity index (χ1v) is 5.73. The fraction of sp³-hybridized carbons (Fsp3) is 0.357. The molecule has 3 rings (SSSR count). The van der Waals surface area contributed by atoms with E-state index in [1.165, 1.54) is 10.9 Å². The van der Waals surface area contributed by atoms with Gasteiger partial charge in [0, 0.05) is 16.5 Å². The van der Waals surface area contributed by atoms with Crippen LogP contribution in [0, 0.1) is 6.92 Å². The Balaban J connectivity index is 2.30. The Morgan fingerprint density at radius 2 is 2.06 bits per heavy atom. The van der Waals surface area contributed by atoms with Crippen molar-refractivity contribution >= 4 is 10.9 Å². The maximum Gasteiger partial charge on any atom is 0.0708 e. The predicted octanol–water partition coefficient (Wildman–Crippen LogP) is 2.57. The maximum atomic E-state index is 9.54. The highest BCUT2D eigenvalue weighted by Crippen LogP contribution is 2.49. The molecule has 1 aliphatic rings. The van der Waals surface area contributed by atoms with E-state index < -0.39 is 0 Å². The monoisotopic (exact) mass is 213 g/mol. The van der Waals surface area contributed by atoms with E-state index in [9.17, 15) is 5.11 Å². The summed E-state index contributed by atoms with van der Waals surface area (Å²) in [6.07, 6.45) is 2.19. The summed E-state index contributed by atoms with van der Waals surface area (Å²) in [6, 6.07) is 10.3. The van der Waals surface area contributed by atoms with E-state index in [1.807, 2.05) is 25.1 Å². The van der Waals surface area contributed by atoms with Gasteiger partial charge in [0.2, 0.25) is 0 Å². The third-order valence-corrected chi connectivity index (χ3v) is 3.57. The number of pyridine rings is 1. The van der Waals surface area contributed by atoms with Gasteiger partial charge in [0.1, 0.15) is 0 Å². The first-order chi connectivity index (χ1) is 7.75. The number of hydrogen-bond donors (Lipinski definition) is 1. The number of aryl methyl sites for hydroxylation is 1. The lowest BCUT2D eigenvalue weighted by molar-refractivity contribution is 0.255. The number of aliphatic hydroxyl groups excluding tert-OH is 1. The van der Waals surface area contributed by atoms with Gasteiger partial charge in [0.25, 0.3) is 0 Å². The van der Waals surface area contributed by atoms with Gasteiger partial charge in [-0.05, 0) is 37.5 Å². The van der Waals surface area contributed by atoms with E-state index in [0.29, 0.717) is 0 Å². The first kappa shape index (κ1) is 9.79. The van der Waals surface area contributed by atoms with E-state index in [0.717, 1.165) is 24.1 Å². The summed E-state index contributed by atoms with van der Waals surface area (Å²) in [4.78, 5) is 4.53. The van der Waals surface area contributed by atoms with Crippen molar-refractivity contribution in [2.45, 2.75) is 25.2 Å². The van der Waals surface area contributed by atoms with Gasteiger partial charge in [-0.3, -0.25) is 4.98 Å². The van der Waals surface area contributed by atoms with Crippen molar-refractivity contribution in [1.29, 1.82) is 0 Å². The van der Waals surface area contributed by atoms with Crippen LogP contribution in [0.15, 0.2) is 30.3 Å². The predicted molar refractivity (Wildman–Crippen MR) is 64.5 cm³/mol. The number of fused-ring (bicyclic) bond motifs is 1. The fourth-order valence-electron chi connectivity index (χ4n) is 2.41. The van der Waals surface area contributed by atoms with Crippen molar-refractivity contribution in [3.8, 4) is 0 Å². The number of rotatable bonds is 2. The lowest BCUT2D eigenvalue weighted by Crippen LogP contribution is -2.13. The molecule has 1 aliphatic carbocycles. The van der Waals surface area contributed by atoms with Crippen LogP contribution in [0.25, 0.3) is 10.9 Å². The van der Waals surface area contributed by atoms with Crippen LogP contribution in [0.1, 0.15) is 24.1 Å². The summed E-state index contributed by atoms with van der Waals surface area (Å²) in [5.74, 6) is 0. The smallest absolute Gasteiger partial charge is 0.0708 e. The number of hydrogen-bond acceptors (Lipinski definition) is 2. The molecular formula is C14H15NO. The zero-order valence-corrected chi connectivity index (χ0v) is 9.40. The molecule has 16 heavy (non-hydrogen) atoms. The quantitative estimate of drug-likeness (QED) is 0.831. The molecular weight excluding hydrogens is 198 g/mol. The van der Waals surface area contributed by atoms with E-state index >= 15 is 0 Å². The van der Waals surface area contributed by atoms with Crippen LogP contribution in [-0.2, 0) is 5.41 Å². The second-order valence-electron chi connectivity index (χ2n) is 4.77. The Bertz CT molecular complexity index is 543. The molecule has 0 radical (unpaired) electrons. The van der Waals surface area contributed by atoms with Gasteiger partial charge < -0.3 is 5.11 Å². The molecule has 1 aromatic heterocycles. The minimum Gasteiger partial charge on any atom is -0.395 e. The second-order valence-corrected chi connectivity index (χ2v) is 4.77. The van der Waals surface area contributed by atoms with Gasteiger partial charge in [-0.15, -0.1) is 0 Å². The topological polar surface area (TPSA) is 33.1 Å². The molecule has 1 saturated carbocycles. The molecule has 0 spiro atoms. The highest BCUT2D eigenvalue weighted by atomic mass is 16.3. The van der Waals surface area contributed by atoms with Crippen LogP contribution in [0.3, 0.4) is 0 Å². The summed E-state index contributed by atoms with van der Waals surface area (Å²) in [6.45, 7) is 2.27. The van der Waals surface area contributed by atoms with Gasteiger partial charge >= 0.3 is 0 Å². The molecule has 82 valence electrons. The Labute approximate surface area is 94.9 Å². The zero-order valence-electron chi connectivity index (χ0n) is 9.40. The van der Waals surface area contributed by atoms with E-state index in [4.69, 9.17) is 0 Å². The zero-order chi connectivity index (χ0) is 11.2. The third kappa shape index (κ3) is 1.34. The average molecular weight is 213 g/mol. The Morgan fingerprint density at radius 3 is 2.75 bits per heavy atom. The molecule has 2 nitrogen and oxygen atoms in total. The molecule has 2 aromatic rings. The van der Waals surface area contributed by atoms with Crippen LogP contribution in [0.5, 0.6) is 0 Å². The van der Waals surface area contributed by atoms with Crippen LogP contribution in [0.4, 0.5) is 0 Å². The molecule has 1 aromatic carbocycles. The Morgan fingerprint density at radius 1 is 1.31 bits per heavy atom. The summed E-state index contributed by atoms with van der Waals surface area (Å²) in [5, 5.41) is 10.7. The normalized spacial score (nSPS) is 17.6. The minimum atomic E-state index is 0.0211. The number of benzene rings is 1. The molecule has 0 saturated heterocycles. The largest absolute Gasteiger partial charge is 0.395 e. The van der Waals surface area contributed by atoms with Gasteiger partial charge in [-0.1, -0.05) is 18.2 Å². The van der Waals surface area contributed by atoms with Crippen molar-refractivity contribution in [3.63, 3.8) is 0 Å². The third-order valence-electron chi connectivity index (χ3n) is 3.57. The van der Waals surface area contributed by atoms with Gasteiger partial charge in [-0.25, -0.2) is 0 Å². The molecule has 2 heteroatoms. The van der Waals surface area contributed by atoms with E-state index in [1.54, 1.807) is 0 Å². The van der Waals surface area contributed by atoms with Crippen molar-refractivity contribution in [2.75, 3.05) is 6.61 Å². The van der Waals surface area contributed by atoms with Gasteiger partial charge in [-0.2, -0.15) is 0 Å². The molecule has 0 unspecified atom stereocenters. The molecule has 0 atom stereocenters. The highest BCUT2D eigenvalue weighted by Gasteiger charge is 2.44. The SMILES string of the molecule is Cc1cc(C2(CO)CC2)c2ccccc2n1. The Hall–Kier alpha value is -1.41. The van der Waals surface area contributed by atoms with Crippen LogP contribution in [-0.4, -0.2) is 16.7 Å². The molecule has 0 aliphatic heterocycles. The lowest BCUT2D eigenvalue weighted by Gasteiger charge is -2.15. The van der Waals surface area contributed by atoms with Crippen molar-refractivity contribution in [3.05, 3.63) is 41.6 Å². The summed E-state index contributed by atoms with van der Waals surface area (Å²) in [5.41, 5.74) is 3.37. The second kappa shape index (κ2) is 3.29. The fourth-order valence-corrected chi connectivity index (χ4v) is 2.41. The van der Waals surface area contributed by atoms with Gasteiger partial charge in [0.15, 0.2) is 0 Å². The molecule has 0 amide bonds. The van der Waals surface area contributed by atoms with E-state index in [-0.39, 0.29) is 12.0 Å². The number of nitrogens with zero attached hydrogens (tertiary/aromatic N) is 1. The summed E-state index contributed by atoms with van der Waals surface area (Å²) >= 11 is 0. The minimum absolute atomic E-state index is 0.0211. The van der Waals surface area contributed by atoms with Gasteiger partial charge in [0.05, 0.1) is 12.1 Å². The lowest BCUT2D eigenvalue weighted by atomic mass is 9.93. The average Bonchev–Trinajstić information content (AvgIpc) is 3.08. The maximum absolute atomic E-state index is 9.54. The van der Waals surface area contributed by atoms with Crippen LogP contribution in [0.2, 0.25) is 0 Å². The van der Waals surface area contributed by atoms with Crippen LogP contribution >= 0.6 is 0 Å². The highest BCUT2D eigenvalue weighted by molar-refractivity contribution is 5.84. The van der Waals surface area contributed by atoms with E-state index in [2.05, 4.69) is 17.1 Å². The number of para-hydroxylation sites is 1. The standard InChI is InChI=1S/C14H15NO/c1-10-8-12(14(9-16)6-7-14)11-4-2-3-5-13(11)15-10/h2-5,8,16H,6-7,9H2,1H3. The molecule has 1 N–H and O–H groups in total. The molecule has 1 heterocycles. The van der Waals surface area contributed by atoms with Crippen molar-refractivity contribution < 1.29 is 5.11 Å². The molecule has 1 fully saturated rings. The first-order valence-electron chi connectivity index (χ1n) is 5.73. The van der Waals surface area contributed by atoms with Crippen molar-refractivity contribution in [2.24, 2.45) is 0 Å². The Kier molecular flexibility index (Phi) is 2.01.